The minimum absolute atomic E-state index is 0.162. The molecular formula is C23H26ClN7O2. The topological polar surface area (TPSA) is 114 Å². The zero-order chi connectivity index (χ0) is 24.2. The third-order valence-corrected chi connectivity index (χ3v) is 5.46. The van der Waals surface area contributed by atoms with Gasteiger partial charge in [0.2, 0.25) is 6.54 Å². The molecular weight excluding hydrogens is 442 g/mol. The van der Waals surface area contributed by atoms with Crippen molar-refractivity contribution in [2.75, 3.05) is 13.1 Å². The van der Waals surface area contributed by atoms with Gasteiger partial charge in [-0.1, -0.05) is 11.6 Å². The van der Waals surface area contributed by atoms with Crippen LogP contribution in [0, 0.1) is 6.57 Å². The number of benzene rings is 1. The summed E-state index contributed by atoms with van der Waals surface area (Å²) in [6.45, 7) is 10.9. The number of carbonyl (C=O) groups is 1. The van der Waals surface area contributed by atoms with Crippen LogP contribution < -0.4 is 5.73 Å². The highest BCUT2D eigenvalue weighted by Crippen LogP contribution is 2.29. The molecule has 0 fully saturated rings. The number of pyridine rings is 1. The van der Waals surface area contributed by atoms with Crippen LogP contribution in [-0.4, -0.2) is 55.6 Å². The summed E-state index contributed by atoms with van der Waals surface area (Å²) in [7, 11) is 1.87. The van der Waals surface area contributed by atoms with Crippen LogP contribution in [0.4, 0.5) is 4.79 Å². The minimum atomic E-state index is -0.964. The predicted molar refractivity (Wildman–Crippen MR) is 129 cm³/mol. The van der Waals surface area contributed by atoms with Crippen LogP contribution in [0.25, 0.3) is 27.1 Å². The summed E-state index contributed by atoms with van der Waals surface area (Å²) < 4.78 is 1.85. The lowest BCUT2D eigenvalue weighted by Gasteiger charge is -2.21. The molecule has 3 rings (SSSR count). The molecule has 0 bridgehead atoms. The number of fused-ring (bicyclic) bond motifs is 1. The van der Waals surface area contributed by atoms with Crippen molar-refractivity contribution in [1.29, 1.82) is 0 Å². The van der Waals surface area contributed by atoms with E-state index < -0.39 is 11.6 Å². The molecule has 33 heavy (non-hydrogen) atoms. The molecule has 0 saturated heterocycles. The quantitative estimate of drug-likeness (QED) is 0.299. The SMILES string of the molecule is [C-]#[N+]CCc1cc2c(C=NN(CCC(C)(C)O)C(N)=O)cc(-c3cncn3C)nc2cc1Cl. The maximum atomic E-state index is 11.9. The average molecular weight is 468 g/mol. The van der Waals surface area contributed by atoms with E-state index >= 15 is 0 Å². The van der Waals surface area contributed by atoms with E-state index in [9.17, 15) is 9.90 Å². The van der Waals surface area contributed by atoms with Gasteiger partial charge in [0, 0.05) is 36.0 Å². The number of aromatic nitrogens is 3. The van der Waals surface area contributed by atoms with Crippen LogP contribution in [-0.2, 0) is 13.5 Å². The second kappa shape index (κ2) is 9.98. The van der Waals surface area contributed by atoms with Gasteiger partial charge in [0.05, 0.1) is 41.2 Å². The first-order valence-electron chi connectivity index (χ1n) is 10.4. The Hall–Kier alpha value is -3.48. The van der Waals surface area contributed by atoms with E-state index in [-0.39, 0.29) is 6.54 Å². The van der Waals surface area contributed by atoms with Crippen molar-refractivity contribution in [3.63, 3.8) is 0 Å². The van der Waals surface area contributed by atoms with Crippen molar-refractivity contribution in [2.24, 2.45) is 17.9 Å². The first-order valence-corrected chi connectivity index (χ1v) is 10.7. The molecule has 2 heterocycles. The fraction of sp³-hybridized carbons (Fsp3) is 0.348. The van der Waals surface area contributed by atoms with Crippen LogP contribution in [0.1, 0.15) is 31.4 Å². The molecule has 0 spiro atoms. The van der Waals surface area contributed by atoms with Gasteiger partial charge in [0.15, 0.2) is 0 Å². The monoisotopic (exact) mass is 467 g/mol. The summed E-state index contributed by atoms with van der Waals surface area (Å²) in [5.41, 5.74) is 8.17. The van der Waals surface area contributed by atoms with Crippen molar-refractivity contribution >= 4 is 34.7 Å². The molecule has 0 atom stereocenters. The Morgan fingerprint density at radius 3 is 2.79 bits per heavy atom. The third kappa shape index (κ3) is 6.06. The van der Waals surface area contributed by atoms with Gasteiger partial charge in [0.25, 0.3) is 0 Å². The predicted octanol–water partition coefficient (Wildman–Crippen LogP) is 3.63. The molecule has 1 aromatic carbocycles. The number of hydrogen-bond acceptors (Lipinski definition) is 5. The van der Waals surface area contributed by atoms with Crippen LogP contribution >= 0.6 is 11.6 Å². The molecule has 10 heteroatoms. The molecule has 0 aliphatic rings. The van der Waals surface area contributed by atoms with Crippen LogP contribution in [0.2, 0.25) is 5.02 Å². The molecule has 0 aliphatic heterocycles. The number of primary amides is 1. The highest BCUT2D eigenvalue weighted by molar-refractivity contribution is 6.32. The van der Waals surface area contributed by atoms with Crippen molar-refractivity contribution in [1.82, 2.24) is 19.5 Å². The Bertz CT molecular complexity index is 1240. The van der Waals surface area contributed by atoms with E-state index in [2.05, 4.69) is 14.9 Å². The number of nitrogens with two attached hydrogens (primary N) is 1. The Morgan fingerprint density at radius 2 is 2.18 bits per heavy atom. The van der Waals surface area contributed by atoms with Gasteiger partial charge >= 0.3 is 6.03 Å². The first kappa shape index (κ1) is 24.2. The number of aryl methyl sites for hydroxylation is 1. The maximum Gasteiger partial charge on any atom is 0.335 e. The Kier molecular flexibility index (Phi) is 7.31. The smallest absolute Gasteiger partial charge is 0.335 e. The maximum absolute atomic E-state index is 11.9. The highest BCUT2D eigenvalue weighted by atomic mass is 35.5. The summed E-state index contributed by atoms with van der Waals surface area (Å²) in [4.78, 5) is 24.2. The van der Waals surface area contributed by atoms with Gasteiger partial charge in [-0.3, -0.25) is 0 Å². The van der Waals surface area contributed by atoms with Crippen molar-refractivity contribution in [2.45, 2.75) is 32.3 Å². The van der Waals surface area contributed by atoms with Gasteiger partial charge in [-0.25, -0.2) is 26.3 Å². The minimum Gasteiger partial charge on any atom is -0.390 e. The first-order chi connectivity index (χ1) is 15.6. The fourth-order valence-corrected chi connectivity index (χ4v) is 3.52. The molecule has 0 aliphatic carbocycles. The van der Waals surface area contributed by atoms with Gasteiger partial charge < -0.3 is 20.3 Å². The molecule has 9 nitrogen and oxygen atoms in total. The van der Waals surface area contributed by atoms with Gasteiger partial charge in [0.1, 0.15) is 0 Å². The number of halogens is 1. The second-order valence-corrected chi connectivity index (χ2v) is 8.75. The molecule has 2 amide bonds. The molecule has 172 valence electrons. The lowest BCUT2D eigenvalue weighted by molar-refractivity contribution is 0.0624. The van der Waals surface area contributed by atoms with Crippen molar-refractivity contribution in [3.8, 4) is 11.4 Å². The van der Waals surface area contributed by atoms with Gasteiger partial charge in [-0.15, -0.1) is 0 Å². The van der Waals surface area contributed by atoms with Crippen LogP contribution in [0.3, 0.4) is 0 Å². The zero-order valence-corrected chi connectivity index (χ0v) is 19.5. The number of urea groups is 1. The summed E-state index contributed by atoms with van der Waals surface area (Å²) in [6.07, 6.45) is 5.75. The van der Waals surface area contributed by atoms with Crippen LogP contribution in [0.5, 0.6) is 0 Å². The summed E-state index contributed by atoms with van der Waals surface area (Å²) in [5.74, 6) is 0. The lowest BCUT2D eigenvalue weighted by Crippen LogP contribution is -2.35. The molecule has 0 unspecified atom stereocenters. The van der Waals surface area contributed by atoms with E-state index in [1.165, 1.54) is 0 Å². The Labute approximate surface area is 197 Å². The van der Waals surface area contributed by atoms with Gasteiger partial charge in [-0.05, 0) is 44.0 Å². The fourth-order valence-electron chi connectivity index (χ4n) is 3.26. The molecule has 3 aromatic rings. The summed E-state index contributed by atoms with van der Waals surface area (Å²) >= 11 is 6.47. The number of amides is 2. The number of imidazole rings is 1. The second-order valence-electron chi connectivity index (χ2n) is 8.35. The average Bonchev–Trinajstić information content (AvgIpc) is 3.16. The van der Waals surface area contributed by atoms with Crippen LogP contribution in [0.15, 0.2) is 35.8 Å². The lowest BCUT2D eigenvalue weighted by atomic mass is 10.0. The number of hydrazone groups is 1. The van der Waals surface area contributed by atoms with E-state index in [4.69, 9.17) is 28.9 Å². The van der Waals surface area contributed by atoms with Crippen molar-refractivity contribution < 1.29 is 9.90 Å². The zero-order valence-electron chi connectivity index (χ0n) is 18.8. The Balaban J connectivity index is 2.11. The highest BCUT2D eigenvalue weighted by Gasteiger charge is 2.17. The standard InChI is InChI=1S/C23H26ClN7O2/c1-23(2,33)6-8-31(22(25)32)28-12-16-10-20(21-13-27-14-30(21)4)29-19-11-18(24)15(5-7-26-3)9-17(16)19/h9-14,33H,5-8H2,1-2,4H3,(H2,25,32). The van der Waals surface area contributed by atoms with E-state index in [1.54, 1.807) is 38.7 Å². The number of rotatable bonds is 8. The largest absolute Gasteiger partial charge is 0.390 e. The van der Waals surface area contributed by atoms with Crippen molar-refractivity contribution in [3.05, 3.63) is 58.3 Å². The van der Waals surface area contributed by atoms with E-state index in [0.717, 1.165) is 21.7 Å². The van der Waals surface area contributed by atoms with E-state index in [1.807, 2.05) is 23.7 Å². The molecule has 3 N–H and O–H groups in total. The normalized spacial score (nSPS) is 11.8. The number of hydrogen-bond donors (Lipinski definition) is 2. The van der Waals surface area contributed by atoms with Gasteiger partial charge in [-0.2, -0.15) is 5.10 Å². The molecule has 2 aromatic heterocycles. The third-order valence-electron chi connectivity index (χ3n) is 5.11. The number of nitrogens with zero attached hydrogens (tertiary/aromatic N) is 6. The molecule has 0 saturated carbocycles. The summed E-state index contributed by atoms with van der Waals surface area (Å²) in [5, 5.41) is 16.7. The Morgan fingerprint density at radius 1 is 1.42 bits per heavy atom. The molecule has 0 radical (unpaired) electrons. The number of aliphatic hydroxyl groups is 1. The van der Waals surface area contributed by atoms with E-state index in [0.29, 0.717) is 41.2 Å². The number of carbonyl (C=O) groups excluding carboxylic acids is 1. The summed E-state index contributed by atoms with van der Waals surface area (Å²) in [6, 6.07) is 4.80.